The Labute approximate surface area is 138 Å². The highest BCUT2D eigenvalue weighted by molar-refractivity contribution is 6.77. The molecule has 124 valence electrons. The Morgan fingerprint density at radius 1 is 1.26 bits per heavy atom. The molecular formula is C17H24N2O3Si. The van der Waals surface area contributed by atoms with Crippen LogP contribution in [-0.4, -0.2) is 36.4 Å². The molecule has 0 amide bonds. The van der Waals surface area contributed by atoms with Crippen molar-refractivity contribution in [1.29, 1.82) is 0 Å². The standard InChI is InChI=1S/C17H24N2O3Si/c1-13(23(3,4)5)22-12-19-11-10-18-16(19)14-6-8-15(9-7-14)17(20)21-2/h6-11,13H,12H2,1-5H3. The van der Waals surface area contributed by atoms with Crippen molar-refractivity contribution in [1.82, 2.24) is 9.55 Å². The maximum atomic E-state index is 11.5. The number of carbonyl (C=O) groups is 1. The van der Waals surface area contributed by atoms with Crippen molar-refractivity contribution in [2.75, 3.05) is 7.11 Å². The van der Waals surface area contributed by atoms with Crippen LogP contribution in [0.15, 0.2) is 36.7 Å². The molecule has 0 aliphatic carbocycles. The predicted molar refractivity (Wildman–Crippen MR) is 92.9 cm³/mol. The number of benzene rings is 1. The topological polar surface area (TPSA) is 53.3 Å². The monoisotopic (exact) mass is 332 g/mol. The van der Waals surface area contributed by atoms with Gasteiger partial charge in [0.25, 0.3) is 0 Å². The summed E-state index contributed by atoms with van der Waals surface area (Å²) in [7, 11) is 0.0526. The molecule has 1 unspecified atom stereocenters. The highest BCUT2D eigenvalue weighted by Gasteiger charge is 2.23. The summed E-state index contributed by atoms with van der Waals surface area (Å²) in [5.74, 6) is 0.483. The van der Waals surface area contributed by atoms with Crippen LogP contribution in [0.2, 0.25) is 19.6 Å². The second kappa shape index (κ2) is 7.10. The third-order valence-electron chi connectivity index (χ3n) is 3.96. The second-order valence-electron chi connectivity index (χ2n) is 6.59. The van der Waals surface area contributed by atoms with Crippen molar-refractivity contribution in [3.63, 3.8) is 0 Å². The van der Waals surface area contributed by atoms with E-state index in [9.17, 15) is 4.79 Å². The van der Waals surface area contributed by atoms with Gasteiger partial charge >= 0.3 is 5.97 Å². The number of aromatic nitrogens is 2. The first-order chi connectivity index (χ1) is 10.8. The van der Waals surface area contributed by atoms with E-state index in [-0.39, 0.29) is 11.7 Å². The highest BCUT2D eigenvalue weighted by atomic mass is 28.3. The van der Waals surface area contributed by atoms with Crippen LogP contribution >= 0.6 is 0 Å². The summed E-state index contributed by atoms with van der Waals surface area (Å²) >= 11 is 0. The summed E-state index contributed by atoms with van der Waals surface area (Å²) in [5, 5.41) is 0. The summed E-state index contributed by atoms with van der Waals surface area (Å²) in [6.07, 6.45) is 3.66. The van der Waals surface area contributed by atoms with Crippen molar-refractivity contribution in [2.24, 2.45) is 0 Å². The van der Waals surface area contributed by atoms with E-state index in [0.29, 0.717) is 12.3 Å². The van der Waals surface area contributed by atoms with E-state index in [2.05, 4.69) is 31.5 Å². The molecule has 0 radical (unpaired) electrons. The molecule has 0 N–H and O–H groups in total. The van der Waals surface area contributed by atoms with Crippen LogP contribution in [-0.2, 0) is 16.2 Å². The number of methoxy groups -OCH3 is 1. The lowest BCUT2D eigenvalue weighted by atomic mass is 10.1. The molecule has 2 rings (SSSR count). The quantitative estimate of drug-likeness (QED) is 0.599. The third-order valence-corrected chi connectivity index (χ3v) is 6.57. The number of hydrogen-bond donors (Lipinski definition) is 0. The van der Waals surface area contributed by atoms with Crippen LogP contribution in [0.5, 0.6) is 0 Å². The minimum Gasteiger partial charge on any atom is -0.465 e. The summed E-state index contributed by atoms with van der Waals surface area (Å²) in [4.78, 5) is 15.9. The number of carbonyl (C=O) groups excluding carboxylic acids is 1. The van der Waals surface area contributed by atoms with Gasteiger partial charge in [-0.25, -0.2) is 9.78 Å². The SMILES string of the molecule is COC(=O)c1ccc(-c2nccn2COC(C)[Si](C)(C)C)cc1. The van der Waals surface area contributed by atoms with Crippen LogP contribution in [0.25, 0.3) is 11.4 Å². The van der Waals surface area contributed by atoms with Crippen LogP contribution < -0.4 is 0 Å². The smallest absolute Gasteiger partial charge is 0.337 e. The van der Waals surface area contributed by atoms with Crippen molar-refractivity contribution in [3.05, 3.63) is 42.2 Å². The van der Waals surface area contributed by atoms with Crippen molar-refractivity contribution in [3.8, 4) is 11.4 Å². The first-order valence-electron chi connectivity index (χ1n) is 7.64. The first-order valence-corrected chi connectivity index (χ1v) is 11.2. The van der Waals surface area contributed by atoms with E-state index in [0.717, 1.165) is 11.4 Å². The minimum atomic E-state index is -1.32. The lowest BCUT2D eigenvalue weighted by molar-refractivity contribution is 0.0575. The molecule has 5 nitrogen and oxygen atoms in total. The average Bonchev–Trinajstić information content (AvgIpc) is 2.99. The summed E-state index contributed by atoms with van der Waals surface area (Å²) in [6.45, 7) is 9.47. The number of esters is 1. The van der Waals surface area contributed by atoms with E-state index in [4.69, 9.17) is 9.47 Å². The number of ether oxygens (including phenoxy) is 2. The highest BCUT2D eigenvalue weighted by Crippen LogP contribution is 2.19. The number of nitrogens with zero attached hydrogens (tertiary/aromatic N) is 2. The Hall–Kier alpha value is -1.92. The third kappa shape index (κ3) is 4.30. The van der Waals surface area contributed by atoms with Crippen LogP contribution in [0.4, 0.5) is 0 Å². The van der Waals surface area contributed by atoms with Crippen molar-refractivity contribution in [2.45, 2.75) is 39.0 Å². The van der Waals surface area contributed by atoms with Gasteiger partial charge in [0, 0.05) is 23.7 Å². The first kappa shape index (κ1) is 17.4. The Bertz CT molecular complexity index is 659. The number of imidazole rings is 1. The molecule has 2 aromatic rings. The Kier molecular flexibility index (Phi) is 5.38. The van der Waals surface area contributed by atoms with Gasteiger partial charge in [-0.15, -0.1) is 0 Å². The Morgan fingerprint density at radius 2 is 1.91 bits per heavy atom. The van der Waals surface area contributed by atoms with Crippen LogP contribution in [0.1, 0.15) is 17.3 Å². The average molecular weight is 332 g/mol. The largest absolute Gasteiger partial charge is 0.465 e. The molecule has 1 aromatic carbocycles. The lowest BCUT2D eigenvalue weighted by Crippen LogP contribution is -2.38. The van der Waals surface area contributed by atoms with E-state index in [1.165, 1.54) is 7.11 Å². The fraction of sp³-hybridized carbons (Fsp3) is 0.412. The number of rotatable bonds is 6. The molecular weight excluding hydrogens is 308 g/mol. The van der Waals surface area contributed by atoms with Gasteiger partial charge in [-0.2, -0.15) is 0 Å². The van der Waals surface area contributed by atoms with Crippen LogP contribution in [0, 0.1) is 0 Å². The summed E-state index contributed by atoms with van der Waals surface area (Å²) in [6, 6.07) is 7.22. The van der Waals surface area contributed by atoms with Gasteiger partial charge in [0.2, 0.25) is 0 Å². The van der Waals surface area contributed by atoms with Gasteiger partial charge < -0.3 is 14.0 Å². The predicted octanol–water partition coefficient (Wildman–Crippen LogP) is 3.58. The van der Waals surface area contributed by atoms with Gasteiger partial charge in [0.1, 0.15) is 12.6 Å². The maximum Gasteiger partial charge on any atom is 0.337 e. The lowest BCUT2D eigenvalue weighted by Gasteiger charge is -2.25. The molecule has 0 aliphatic heterocycles. The van der Waals surface area contributed by atoms with Crippen molar-refractivity contribution >= 4 is 14.0 Å². The fourth-order valence-electron chi connectivity index (χ4n) is 1.99. The molecule has 6 heteroatoms. The molecule has 0 fully saturated rings. The molecule has 0 saturated heterocycles. The van der Waals surface area contributed by atoms with Gasteiger partial charge in [-0.1, -0.05) is 31.8 Å². The molecule has 1 aromatic heterocycles. The Balaban J connectivity index is 2.13. The fourth-order valence-corrected chi connectivity index (χ4v) is 2.56. The van der Waals surface area contributed by atoms with Crippen molar-refractivity contribution < 1.29 is 14.3 Å². The van der Waals surface area contributed by atoms with E-state index in [1.54, 1.807) is 18.3 Å². The van der Waals surface area contributed by atoms with E-state index < -0.39 is 8.07 Å². The molecule has 0 saturated carbocycles. The van der Waals surface area contributed by atoms with Gasteiger partial charge in [0.05, 0.1) is 20.7 Å². The maximum absolute atomic E-state index is 11.5. The van der Waals surface area contributed by atoms with Gasteiger partial charge in [-0.05, 0) is 19.1 Å². The second-order valence-corrected chi connectivity index (χ2v) is 12.1. The summed E-state index contributed by atoms with van der Waals surface area (Å²) in [5.41, 5.74) is 1.73. The minimum absolute atomic E-state index is 0.263. The molecule has 0 spiro atoms. The molecule has 1 atom stereocenters. The molecule has 0 aliphatic rings. The molecule has 0 bridgehead atoms. The van der Waals surface area contributed by atoms with Gasteiger partial charge in [0.15, 0.2) is 0 Å². The normalized spacial score (nSPS) is 12.9. The van der Waals surface area contributed by atoms with E-state index in [1.807, 2.05) is 22.9 Å². The van der Waals surface area contributed by atoms with Gasteiger partial charge in [-0.3, -0.25) is 0 Å². The Morgan fingerprint density at radius 3 is 2.48 bits per heavy atom. The molecule has 1 heterocycles. The zero-order valence-corrected chi connectivity index (χ0v) is 15.4. The number of hydrogen-bond acceptors (Lipinski definition) is 4. The summed E-state index contributed by atoms with van der Waals surface area (Å²) < 4.78 is 12.7. The van der Waals surface area contributed by atoms with E-state index >= 15 is 0 Å². The zero-order valence-electron chi connectivity index (χ0n) is 14.4. The molecule has 23 heavy (non-hydrogen) atoms. The van der Waals surface area contributed by atoms with Crippen LogP contribution in [0.3, 0.4) is 0 Å². The zero-order chi connectivity index (χ0) is 17.0.